The van der Waals surface area contributed by atoms with Crippen LogP contribution in [0.25, 0.3) is 10.9 Å². The van der Waals surface area contributed by atoms with Crippen molar-refractivity contribution >= 4 is 60.3 Å². The van der Waals surface area contributed by atoms with E-state index in [0.29, 0.717) is 21.1 Å². The summed E-state index contributed by atoms with van der Waals surface area (Å²) in [5.41, 5.74) is 0.773. The summed E-state index contributed by atoms with van der Waals surface area (Å²) in [5.74, 6) is -0.482. The van der Waals surface area contributed by atoms with Crippen molar-refractivity contribution in [2.75, 3.05) is 0 Å². The Hall–Kier alpha value is -2.53. The van der Waals surface area contributed by atoms with Gasteiger partial charge in [-0.15, -0.1) is 0 Å². The van der Waals surface area contributed by atoms with Crippen molar-refractivity contribution in [2.45, 2.75) is 6.92 Å². The molecule has 1 aromatic heterocycles. The van der Waals surface area contributed by atoms with Crippen LogP contribution in [0.5, 0.6) is 0 Å². The van der Waals surface area contributed by atoms with Gasteiger partial charge in [-0.3, -0.25) is 9.59 Å². The first-order chi connectivity index (χ1) is 12.9. The highest BCUT2D eigenvalue weighted by Crippen LogP contribution is 2.28. The molecule has 0 unspecified atom stereocenters. The lowest BCUT2D eigenvalue weighted by Crippen LogP contribution is -2.22. The van der Waals surface area contributed by atoms with E-state index in [1.165, 1.54) is 6.92 Å². The number of carbonyl (C=O) groups is 1. The van der Waals surface area contributed by atoms with Crippen LogP contribution in [-0.2, 0) is 11.3 Å². The number of nitrogens with zero attached hydrogens (tertiary/aromatic N) is 1. The lowest BCUT2D eigenvalue weighted by atomic mass is 9.99. The number of nitriles is 1. The molecular weight excluding hydrogens is 452 g/mol. The summed E-state index contributed by atoms with van der Waals surface area (Å²) in [7, 11) is 0. The van der Waals surface area contributed by atoms with Crippen LogP contribution in [0.3, 0.4) is 0 Å². The number of rotatable bonds is 3. The molecule has 0 aliphatic carbocycles. The number of carbonyl (C=O) groups excluding carboxylic acids is 1. The van der Waals surface area contributed by atoms with Crippen molar-refractivity contribution in [2.24, 2.45) is 0 Å². The molecule has 0 aliphatic rings. The number of pyridine rings is 1. The second-order valence-electron chi connectivity index (χ2n) is 5.64. The van der Waals surface area contributed by atoms with Crippen molar-refractivity contribution in [3.8, 4) is 6.07 Å². The first kappa shape index (κ1) is 19.2. The zero-order chi connectivity index (χ0) is 19.7. The van der Waals surface area contributed by atoms with Crippen molar-refractivity contribution < 1.29 is 9.00 Å². The maximum atomic E-state index is 13.0. The molecule has 8 heteroatoms. The minimum atomic E-state index is -0.544. The minimum absolute atomic E-state index is 0.132. The van der Waals surface area contributed by atoms with Gasteiger partial charge in [0, 0.05) is 4.47 Å². The van der Waals surface area contributed by atoms with E-state index in [4.69, 9.17) is 16.9 Å². The Kier molecular flexibility index (Phi) is 5.42. The average Bonchev–Trinajstić information content (AvgIpc) is 2.65. The molecule has 0 amide bonds. The Labute approximate surface area is 170 Å². The van der Waals surface area contributed by atoms with Crippen LogP contribution in [0.15, 0.2) is 45.7 Å². The molecule has 134 valence electrons. The van der Waals surface area contributed by atoms with Crippen LogP contribution in [0.1, 0.15) is 34.1 Å². The molecule has 0 spiro atoms. The van der Waals surface area contributed by atoms with Crippen molar-refractivity contribution in [1.82, 2.24) is 4.98 Å². The fraction of sp³-hybridized carbons (Fsp3) is 0.0526. The molecule has 0 atom stereocenters. The van der Waals surface area contributed by atoms with E-state index in [-0.39, 0.29) is 37.8 Å². The van der Waals surface area contributed by atoms with E-state index in [1.54, 1.807) is 36.4 Å². The summed E-state index contributed by atoms with van der Waals surface area (Å²) < 4.78 is 12.5. The van der Waals surface area contributed by atoms with Gasteiger partial charge in [0.1, 0.15) is 0 Å². The van der Waals surface area contributed by atoms with E-state index in [9.17, 15) is 13.8 Å². The number of hydrogen-bond acceptors (Lipinski definition) is 4. The van der Waals surface area contributed by atoms with Gasteiger partial charge in [0.15, 0.2) is 5.78 Å². The third-order valence-electron chi connectivity index (χ3n) is 4.00. The normalized spacial score (nSPS) is 10.4. The number of aromatic amines is 1. The molecule has 0 fully saturated rings. The molecule has 0 radical (unpaired) electrons. The number of benzene rings is 2. The molecule has 3 aromatic rings. The summed E-state index contributed by atoms with van der Waals surface area (Å²) in [5, 5.41) is 9.32. The lowest BCUT2D eigenvalue weighted by molar-refractivity contribution is 0.101. The van der Waals surface area contributed by atoms with Crippen LogP contribution < -0.4 is 5.43 Å². The monoisotopic (exact) mass is 460 g/mol. The van der Waals surface area contributed by atoms with Gasteiger partial charge in [0.05, 0.1) is 54.9 Å². The summed E-state index contributed by atoms with van der Waals surface area (Å²) in [6.07, 6.45) is 0. The van der Waals surface area contributed by atoms with Crippen LogP contribution in [0, 0.1) is 11.3 Å². The smallest absolute Gasteiger partial charge is 0.202 e. The van der Waals surface area contributed by atoms with E-state index >= 15 is 0 Å². The molecule has 0 aliphatic heterocycles. The molecule has 2 aromatic carbocycles. The van der Waals surface area contributed by atoms with E-state index < -0.39 is 11.2 Å². The SMILES string of the molecule is CC(=O)c1c(C(=S=O)c2ccc(C#N)cc2)[nH]c2c(Br)ccc(Cl)c2c1=O. The predicted molar refractivity (Wildman–Crippen MR) is 110 cm³/mol. The van der Waals surface area contributed by atoms with Gasteiger partial charge < -0.3 is 4.98 Å². The molecule has 0 saturated heterocycles. The third-order valence-corrected chi connectivity index (χ3v) is 5.58. The second-order valence-corrected chi connectivity index (χ2v) is 7.48. The van der Waals surface area contributed by atoms with Gasteiger partial charge in [0.25, 0.3) is 0 Å². The Morgan fingerprint density at radius 2 is 1.89 bits per heavy atom. The number of Topliss-reactive ketones (excluding diaryl/α,β-unsaturated/α-hetero) is 1. The molecule has 27 heavy (non-hydrogen) atoms. The van der Waals surface area contributed by atoms with Crippen molar-refractivity contribution in [3.05, 3.63) is 78.5 Å². The molecule has 1 N–H and O–H groups in total. The second kappa shape index (κ2) is 7.61. The van der Waals surface area contributed by atoms with Crippen molar-refractivity contribution in [1.29, 1.82) is 5.26 Å². The van der Waals surface area contributed by atoms with E-state index in [1.807, 2.05) is 6.07 Å². The molecule has 3 rings (SSSR count). The largest absolute Gasteiger partial charge is 0.352 e. The number of nitrogens with one attached hydrogen (secondary N) is 1. The van der Waals surface area contributed by atoms with Gasteiger partial charge >= 0.3 is 0 Å². The maximum Gasteiger partial charge on any atom is 0.202 e. The first-order valence-corrected chi connectivity index (χ1v) is 9.53. The van der Waals surface area contributed by atoms with Crippen LogP contribution in [0.2, 0.25) is 5.02 Å². The number of ketones is 1. The third kappa shape index (κ3) is 3.39. The topological polar surface area (TPSA) is 90.8 Å². The molecule has 0 bridgehead atoms. The summed E-state index contributed by atoms with van der Waals surface area (Å²) >= 11 is 9.70. The van der Waals surface area contributed by atoms with Gasteiger partial charge in [0.2, 0.25) is 5.43 Å². The van der Waals surface area contributed by atoms with Gasteiger partial charge in [-0.05, 0) is 52.7 Å². The van der Waals surface area contributed by atoms with Crippen LogP contribution in [0.4, 0.5) is 0 Å². The Bertz CT molecular complexity index is 1250. The summed E-state index contributed by atoms with van der Waals surface area (Å²) in [4.78, 5) is 28.4. The Morgan fingerprint density at radius 1 is 1.22 bits per heavy atom. The molecule has 1 heterocycles. The van der Waals surface area contributed by atoms with Crippen molar-refractivity contribution in [3.63, 3.8) is 0 Å². The fourth-order valence-electron chi connectivity index (χ4n) is 2.76. The lowest BCUT2D eigenvalue weighted by Gasteiger charge is -2.12. The highest BCUT2D eigenvalue weighted by atomic mass is 79.9. The van der Waals surface area contributed by atoms with Gasteiger partial charge in [-0.1, -0.05) is 23.7 Å². The fourth-order valence-corrected chi connectivity index (χ4v) is 3.90. The Morgan fingerprint density at radius 3 is 2.44 bits per heavy atom. The highest BCUT2D eigenvalue weighted by Gasteiger charge is 2.22. The zero-order valence-electron chi connectivity index (χ0n) is 13.8. The number of halogens is 2. The highest BCUT2D eigenvalue weighted by molar-refractivity contribution is 9.10. The quantitative estimate of drug-likeness (QED) is 0.474. The van der Waals surface area contributed by atoms with Crippen LogP contribution in [-0.4, -0.2) is 19.8 Å². The standard InChI is InChI=1S/C19H10BrClN2O3S/c1-9(24)14-17(19(27-26)11-4-2-10(8-22)3-5-11)23-16-12(20)6-7-13(21)15(16)18(14)25/h2-7H,1H3,(H,23,25). The van der Waals surface area contributed by atoms with E-state index in [2.05, 4.69) is 20.9 Å². The number of aromatic nitrogens is 1. The molecule has 0 saturated carbocycles. The number of hydrogen-bond donors (Lipinski definition) is 1. The first-order valence-electron chi connectivity index (χ1n) is 7.61. The predicted octanol–water partition coefficient (Wildman–Crippen LogP) is 3.80. The van der Waals surface area contributed by atoms with Gasteiger partial charge in [-0.25, -0.2) is 4.21 Å². The maximum absolute atomic E-state index is 13.0. The number of fused-ring (bicyclic) bond motifs is 1. The molecule has 5 nitrogen and oxygen atoms in total. The average molecular weight is 462 g/mol. The zero-order valence-corrected chi connectivity index (χ0v) is 17.0. The van der Waals surface area contributed by atoms with Gasteiger partial charge in [-0.2, -0.15) is 5.26 Å². The van der Waals surface area contributed by atoms with Crippen LogP contribution >= 0.6 is 27.5 Å². The summed E-state index contributed by atoms with van der Waals surface area (Å²) in [6, 6.07) is 11.5. The number of H-pyrrole nitrogens is 1. The Balaban J connectivity index is 2.42. The summed E-state index contributed by atoms with van der Waals surface area (Å²) in [6.45, 7) is 1.26. The molecular formula is C19H10BrClN2O3S. The minimum Gasteiger partial charge on any atom is -0.352 e. The van der Waals surface area contributed by atoms with E-state index in [0.717, 1.165) is 0 Å².